The molecule has 2 amide bonds. The highest BCUT2D eigenvalue weighted by Crippen LogP contribution is 2.15. The molecule has 3 aromatic carbocycles. The fraction of sp³-hybridized carbons (Fsp3) is 0.130. The number of rotatable bonds is 7. The highest BCUT2D eigenvalue weighted by Gasteiger charge is 2.12. The molecule has 3 rings (SSSR count). The Balaban J connectivity index is 1.56. The summed E-state index contributed by atoms with van der Waals surface area (Å²) in [5, 5.41) is 8.86. The standard InChI is InChI=1S/C23H23N3O2/c1-17(18-9-4-2-5-10-18)25-23(28)19-11-8-14-21(15-19)24-16-22(27)26-20-12-6-3-7-13-20/h2-15,17,24H,16H2,1H3,(H,25,28)(H,26,27). The van der Waals surface area contributed by atoms with Gasteiger partial charge in [0.05, 0.1) is 12.6 Å². The van der Waals surface area contributed by atoms with Gasteiger partial charge in [-0.2, -0.15) is 0 Å². The topological polar surface area (TPSA) is 70.2 Å². The number of hydrogen-bond acceptors (Lipinski definition) is 3. The zero-order chi connectivity index (χ0) is 19.8. The van der Waals surface area contributed by atoms with Gasteiger partial charge in [0, 0.05) is 16.9 Å². The minimum absolute atomic E-state index is 0.0954. The van der Waals surface area contributed by atoms with Crippen LogP contribution in [0.2, 0.25) is 0 Å². The normalized spacial score (nSPS) is 11.3. The molecule has 0 aliphatic heterocycles. The Morgan fingerprint density at radius 2 is 1.46 bits per heavy atom. The van der Waals surface area contributed by atoms with Gasteiger partial charge in [0.2, 0.25) is 5.91 Å². The van der Waals surface area contributed by atoms with E-state index in [2.05, 4.69) is 16.0 Å². The van der Waals surface area contributed by atoms with Crippen LogP contribution in [-0.2, 0) is 4.79 Å². The summed E-state index contributed by atoms with van der Waals surface area (Å²) in [6, 6.07) is 26.1. The Bertz CT molecular complexity index is 927. The van der Waals surface area contributed by atoms with Crippen LogP contribution in [0.15, 0.2) is 84.9 Å². The van der Waals surface area contributed by atoms with Crippen molar-refractivity contribution >= 4 is 23.2 Å². The summed E-state index contributed by atoms with van der Waals surface area (Å²) in [5.41, 5.74) is 3.04. The number of amides is 2. The summed E-state index contributed by atoms with van der Waals surface area (Å²) in [6.07, 6.45) is 0. The van der Waals surface area contributed by atoms with Gasteiger partial charge in [-0.15, -0.1) is 0 Å². The van der Waals surface area contributed by atoms with E-state index in [-0.39, 0.29) is 24.4 Å². The quantitative estimate of drug-likeness (QED) is 0.580. The van der Waals surface area contributed by atoms with Crippen LogP contribution in [0.25, 0.3) is 0 Å². The average molecular weight is 373 g/mol. The van der Waals surface area contributed by atoms with Gasteiger partial charge in [0.25, 0.3) is 5.91 Å². The first-order valence-electron chi connectivity index (χ1n) is 9.16. The predicted octanol–water partition coefficient (Wildman–Crippen LogP) is 4.23. The highest BCUT2D eigenvalue weighted by atomic mass is 16.2. The van der Waals surface area contributed by atoms with Crippen LogP contribution >= 0.6 is 0 Å². The molecular formula is C23H23N3O2. The van der Waals surface area contributed by atoms with Crippen molar-refractivity contribution < 1.29 is 9.59 Å². The van der Waals surface area contributed by atoms with E-state index in [9.17, 15) is 9.59 Å². The molecule has 0 aliphatic rings. The second-order valence-corrected chi connectivity index (χ2v) is 6.45. The van der Waals surface area contributed by atoms with E-state index in [4.69, 9.17) is 0 Å². The molecule has 5 heteroatoms. The molecule has 1 unspecified atom stereocenters. The van der Waals surface area contributed by atoms with Gasteiger partial charge in [0.15, 0.2) is 0 Å². The summed E-state index contributed by atoms with van der Waals surface area (Å²) in [5.74, 6) is -0.313. The number of nitrogens with one attached hydrogen (secondary N) is 3. The van der Waals surface area contributed by atoms with Crippen molar-refractivity contribution in [1.82, 2.24) is 5.32 Å². The van der Waals surface area contributed by atoms with E-state index < -0.39 is 0 Å². The Kier molecular flexibility index (Phi) is 6.41. The lowest BCUT2D eigenvalue weighted by molar-refractivity contribution is -0.114. The van der Waals surface area contributed by atoms with Gasteiger partial charge < -0.3 is 16.0 Å². The molecular weight excluding hydrogens is 350 g/mol. The van der Waals surface area contributed by atoms with E-state index in [0.717, 1.165) is 11.3 Å². The van der Waals surface area contributed by atoms with Crippen molar-refractivity contribution in [3.8, 4) is 0 Å². The lowest BCUT2D eigenvalue weighted by Crippen LogP contribution is -2.26. The van der Waals surface area contributed by atoms with Crippen LogP contribution in [0.3, 0.4) is 0 Å². The number of hydrogen-bond donors (Lipinski definition) is 3. The van der Waals surface area contributed by atoms with E-state index >= 15 is 0 Å². The van der Waals surface area contributed by atoms with Crippen molar-refractivity contribution in [2.45, 2.75) is 13.0 Å². The summed E-state index contributed by atoms with van der Waals surface area (Å²) < 4.78 is 0. The Morgan fingerprint density at radius 3 is 2.18 bits per heavy atom. The molecule has 0 aromatic heterocycles. The van der Waals surface area contributed by atoms with Crippen molar-refractivity contribution in [1.29, 1.82) is 0 Å². The third-order valence-corrected chi connectivity index (χ3v) is 4.28. The molecule has 28 heavy (non-hydrogen) atoms. The molecule has 3 N–H and O–H groups in total. The zero-order valence-electron chi connectivity index (χ0n) is 15.7. The minimum Gasteiger partial charge on any atom is -0.376 e. The number of anilines is 2. The van der Waals surface area contributed by atoms with Crippen LogP contribution in [0.4, 0.5) is 11.4 Å². The first-order chi connectivity index (χ1) is 13.6. The van der Waals surface area contributed by atoms with Crippen molar-refractivity contribution in [3.05, 3.63) is 96.1 Å². The third kappa shape index (κ3) is 5.45. The van der Waals surface area contributed by atoms with E-state index in [1.165, 1.54) is 0 Å². The molecule has 0 saturated carbocycles. The first-order valence-corrected chi connectivity index (χ1v) is 9.16. The highest BCUT2D eigenvalue weighted by molar-refractivity contribution is 5.96. The van der Waals surface area contributed by atoms with Gasteiger partial charge in [0.1, 0.15) is 0 Å². The minimum atomic E-state index is -0.159. The molecule has 0 bridgehead atoms. The average Bonchev–Trinajstić information content (AvgIpc) is 2.74. The second-order valence-electron chi connectivity index (χ2n) is 6.45. The van der Waals surface area contributed by atoms with E-state index in [1.807, 2.05) is 73.7 Å². The SMILES string of the molecule is CC(NC(=O)c1cccc(NCC(=O)Nc2ccccc2)c1)c1ccccc1. The molecule has 0 spiro atoms. The van der Waals surface area contributed by atoms with E-state index in [1.54, 1.807) is 18.2 Å². The molecule has 0 aliphatic carbocycles. The smallest absolute Gasteiger partial charge is 0.251 e. The van der Waals surface area contributed by atoms with Crippen LogP contribution in [-0.4, -0.2) is 18.4 Å². The molecule has 3 aromatic rings. The summed E-state index contributed by atoms with van der Waals surface area (Å²) in [4.78, 5) is 24.6. The van der Waals surface area contributed by atoms with Crippen LogP contribution in [0.5, 0.6) is 0 Å². The molecule has 0 saturated heterocycles. The maximum Gasteiger partial charge on any atom is 0.251 e. The van der Waals surface area contributed by atoms with Gasteiger partial charge in [-0.3, -0.25) is 9.59 Å². The summed E-state index contributed by atoms with van der Waals surface area (Å²) in [6.45, 7) is 2.06. The number of carbonyl (C=O) groups is 2. The maximum atomic E-state index is 12.5. The lowest BCUT2D eigenvalue weighted by Gasteiger charge is -2.15. The van der Waals surface area contributed by atoms with Crippen molar-refractivity contribution in [3.63, 3.8) is 0 Å². The van der Waals surface area contributed by atoms with Crippen molar-refractivity contribution in [2.24, 2.45) is 0 Å². The van der Waals surface area contributed by atoms with Crippen LogP contribution in [0, 0.1) is 0 Å². The summed E-state index contributed by atoms with van der Waals surface area (Å²) >= 11 is 0. The van der Waals surface area contributed by atoms with Gasteiger partial charge in [-0.1, -0.05) is 54.6 Å². The fourth-order valence-corrected chi connectivity index (χ4v) is 2.78. The molecule has 0 heterocycles. The zero-order valence-corrected chi connectivity index (χ0v) is 15.7. The predicted molar refractivity (Wildman–Crippen MR) is 112 cm³/mol. The largest absolute Gasteiger partial charge is 0.376 e. The molecule has 1 atom stereocenters. The molecule has 5 nitrogen and oxygen atoms in total. The molecule has 142 valence electrons. The summed E-state index contributed by atoms with van der Waals surface area (Å²) in [7, 11) is 0. The fourth-order valence-electron chi connectivity index (χ4n) is 2.78. The molecule has 0 radical (unpaired) electrons. The van der Waals surface area contributed by atoms with Crippen LogP contribution in [0.1, 0.15) is 28.9 Å². The Morgan fingerprint density at radius 1 is 0.821 bits per heavy atom. The van der Waals surface area contributed by atoms with E-state index in [0.29, 0.717) is 11.3 Å². The third-order valence-electron chi connectivity index (χ3n) is 4.28. The number of carbonyl (C=O) groups excluding carboxylic acids is 2. The maximum absolute atomic E-state index is 12.5. The molecule has 0 fully saturated rings. The van der Waals surface area contributed by atoms with Gasteiger partial charge in [-0.05, 0) is 42.8 Å². The monoisotopic (exact) mass is 373 g/mol. The van der Waals surface area contributed by atoms with Crippen molar-refractivity contribution in [2.75, 3.05) is 17.2 Å². The number of para-hydroxylation sites is 1. The van der Waals surface area contributed by atoms with Crippen LogP contribution < -0.4 is 16.0 Å². The first kappa shape index (κ1) is 19.2. The van der Waals surface area contributed by atoms with Gasteiger partial charge >= 0.3 is 0 Å². The Labute approximate surface area is 164 Å². The Hall–Kier alpha value is -3.60. The van der Waals surface area contributed by atoms with Gasteiger partial charge in [-0.25, -0.2) is 0 Å². The second kappa shape index (κ2) is 9.37. The lowest BCUT2D eigenvalue weighted by atomic mass is 10.1. The number of benzene rings is 3.